The van der Waals surface area contributed by atoms with Crippen molar-refractivity contribution < 1.29 is 14.4 Å². The Balaban J connectivity index is 1.67. The van der Waals surface area contributed by atoms with Crippen molar-refractivity contribution in [2.24, 2.45) is 0 Å². The predicted octanol–water partition coefficient (Wildman–Crippen LogP) is 2.55. The van der Waals surface area contributed by atoms with Crippen molar-refractivity contribution in [3.8, 4) is 0 Å². The van der Waals surface area contributed by atoms with Crippen molar-refractivity contribution >= 4 is 17.6 Å². The molecule has 1 unspecified atom stereocenters. The van der Waals surface area contributed by atoms with Crippen LogP contribution in [0.2, 0.25) is 0 Å². The lowest BCUT2D eigenvalue weighted by Gasteiger charge is -2.39. The van der Waals surface area contributed by atoms with Crippen molar-refractivity contribution in [3.05, 3.63) is 71.3 Å². The number of hydrogen-bond acceptors (Lipinski definition) is 3. The fraction of sp³-hybridized carbons (Fsp3) is 0.286. The van der Waals surface area contributed by atoms with Gasteiger partial charge in [0.15, 0.2) is 0 Å². The van der Waals surface area contributed by atoms with Gasteiger partial charge in [-0.2, -0.15) is 0 Å². The SMILES string of the molecule is Cc1ccc(C(=O)C(=O)N2CCN(C(=O)c3ccccc3)CC2C)cc1. The van der Waals surface area contributed by atoms with Gasteiger partial charge in [-0.25, -0.2) is 0 Å². The molecule has 0 N–H and O–H groups in total. The quantitative estimate of drug-likeness (QED) is 0.631. The van der Waals surface area contributed by atoms with E-state index in [1.165, 1.54) is 0 Å². The topological polar surface area (TPSA) is 57.7 Å². The summed E-state index contributed by atoms with van der Waals surface area (Å²) in [5, 5.41) is 0. The molecule has 1 fully saturated rings. The highest BCUT2D eigenvalue weighted by Gasteiger charge is 2.33. The number of piperazine rings is 1. The third-order valence-corrected chi connectivity index (χ3v) is 4.70. The lowest BCUT2D eigenvalue weighted by molar-refractivity contribution is -0.130. The Kier molecular flexibility index (Phi) is 5.16. The van der Waals surface area contributed by atoms with E-state index in [0.717, 1.165) is 5.56 Å². The van der Waals surface area contributed by atoms with Crippen LogP contribution in [0.25, 0.3) is 0 Å². The normalized spacial score (nSPS) is 17.1. The lowest BCUT2D eigenvalue weighted by Crippen LogP contribution is -2.56. The molecule has 0 aliphatic carbocycles. The Morgan fingerprint density at radius 3 is 2.15 bits per heavy atom. The van der Waals surface area contributed by atoms with Crippen LogP contribution >= 0.6 is 0 Å². The van der Waals surface area contributed by atoms with Gasteiger partial charge in [0.1, 0.15) is 0 Å². The summed E-state index contributed by atoms with van der Waals surface area (Å²) in [5.74, 6) is -1.05. The number of benzene rings is 2. The van der Waals surface area contributed by atoms with Crippen molar-refractivity contribution in [1.29, 1.82) is 0 Å². The van der Waals surface area contributed by atoms with Crippen molar-refractivity contribution in [2.45, 2.75) is 19.9 Å². The molecular weight excluding hydrogens is 328 g/mol. The summed E-state index contributed by atoms with van der Waals surface area (Å²) < 4.78 is 0. The van der Waals surface area contributed by atoms with E-state index in [1.807, 2.05) is 44.2 Å². The molecule has 3 rings (SSSR count). The molecule has 1 atom stereocenters. The largest absolute Gasteiger partial charge is 0.335 e. The monoisotopic (exact) mass is 350 g/mol. The Morgan fingerprint density at radius 2 is 1.54 bits per heavy atom. The zero-order valence-corrected chi connectivity index (χ0v) is 15.0. The van der Waals surface area contributed by atoms with Gasteiger partial charge in [0.2, 0.25) is 5.78 Å². The minimum atomic E-state index is -0.506. The van der Waals surface area contributed by atoms with Gasteiger partial charge in [-0.05, 0) is 26.0 Å². The number of Topliss-reactive ketones (excluding diaryl/α,β-unsaturated/α-hetero) is 1. The molecule has 134 valence electrons. The zero-order valence-electron chi connectivity index (χ0n) is 15.0. The van der Waals surface area contributed by atoms with Crippen LogP contribution in [0.5, 0.6) is 0 Å². The zero-order chi connectivity index (χ0) is 18.7. The second-order valence-electron chi connectivity index (χ2n) is 6.66. The average Bonchev–Trinajstić information content (AvgIpc) is 2.67. The number of carbonyl (C=O) groups excluding carboxylic acids is 3. The van der Waals surface area contributed by atoms with Gasteiger partial charge in [-0.3, -0.25) is 14.4 Å². The number of rotatable bonds is 3. The number of hydrogen-bond donors (Lipinski definition) is 0. The van der Waals surface area contributed by atoms with Crippen LogP contribution in [-0.4, -0.2) is 53.1 Å². The van der Waals surface area contributed by atoms with E-state index in [9.17, 15) is 14.4 Å². The molecule has 0 radical (unpaired) electrons. The van der Waals surface area contributed by atoms with E-state index < -0.39 is 11.7 Å². The molecule has 1 aliphatic heterocycles. The molecule has 5 heteroatoms. The van der Waals surface area contributed by atoms with E-state index in [4.69, 9.17) is 0 Å². The first kappa shape index (κ1) is 17.9. The predicted molar refractivity (Wildman–Crippen MR) is 99.0 cm³/mol. The van der Waals surface area contributed by atoms with Crippen LogP contribution in [0.1, 0.15) is 33.2 Å². The Labute approximate surface area is 153 Å². The fourth-order valence-corrected chi connectivity index (χ4v) is 3.17. The molecule has 1 saturated heterocycles. The molecule has 1 heterocycles. The Morgan fingerprint density at radius 1 is 0.885 bits per heavy atom. The first-order valence-corrected chi connectivity index (χ1v) is 8.73. The highest BCUT2D eigenvalue weighted by atomic mass is 16.2. The average molecular weight is 350 g/mol. The molecule has 0 bridgehead atoms. The van der Waals surface area contributed by atoms with Crippen molar-refractivity contribution in [3.63, 3.8) is 0 Å². The molecule has 2 aromatic rings. The van der Waals surface area contributed by atoms with Gasteiger partial charge < -0.3 is 9.80 Å². The van der Waals surface area contributed by atoms with Gasteiger partial charge in [-0.15, -0.1) is 0 Å². The van der Waals surface area contributed by atoms with Crippen LogP contribution in [-0.2, 0) is 4.79 Å². The molecule has 5 nitrogen and oxygen atoms in total. The first-order valence-electron chi connectivity index (χ1n) is 8.73. The standard InChI is InChI=1S/C21H22N2O3/c1-15-8-10-17(11-9-15)19(24)21(26)23-13-12-22(14-16(23)2)20(25)18-6-4-3-5-7-18/h3-11,16H,12-14H2,1-2H3. The maximum Gasteiger partial charge on any atom is 0.295 e. The molecule has 0 saturated carbocycles. The van der Waals surface area contributed by atoms with Crippen LogP contribution in [0.4, 0.5) is 0 Å². The van der Waals surface area contributed by atoms with E-state index in [1.54, 1.807) is 34.1 Å². The summed E-state index contributed by atoms with van der Waals surface area (Å²) in [4.78, 5) is 40.9. The van der Waals surface area contributed by atoms with Gasteiger partial charge >= 0.3 is 0 Å². The number of ketones is 1. The van der Waals surface area contributed by atoms with E-state index in [0.29, 0.717) is 30.8 Å². The molecule has 1 aliphatic rings. The molecule has 0 aromatic heterocycles. The summed E-state index contributed by atoms with van der Waals surface area (Å²) in [5.41, 5.74) is 2.07. The van der Waals surface area contributed by atoms with Crippen LogP contribution in [0.15, 0.2) is 54.6 Å². The summed E-state index contributed by atoms with van der Waals surface area (Å²) in [6.45, 7) is 4.99. The minimum Gasteiger partial charge on any atom is -0.335 e. The summed E-state index contributed by atoms with van der Waals surface area (Å²) >= 11 is 0. The number of aryl methyl sites for hydroxylation is 1. The molecule has 2 amide bonds. The minimum absolute atomic E-state index is 0.0468. The fourth-order valence-electron chi connectivity index (χ4n) is 3.17. The van der Waals surface area contributed by atoms with E-state index in [2.05, 4.69) is 0 Å². The van der Waals surface area contributed by atoms with E-state index in [-0.39, 0.29) is 11.9 Å². The Hall–Kier alpha value is -2.95. The summed E-state index contributed by atoms with van der Waals surface area (Å²) in [7, 11) is 0. The third kappa shape index (κ3) is 3.67. The van der Waals surface area contributed by atoms with Gasteiger partial charge in [0.05, 0.1) is 0 Å². The highest BCUT2D eigenvalue weighted by molar-refractivity contribution is 6.42. The van der Waals surface area contributed by atoms with Gasteiger partial charge in [0, 0.05) is 36.8 Å². The van der Waals surface area contributed by atoms with Crippen LogP contribution < -0.4 is 0 Å². The molecular formula is C21H22N2O3. The van der Waals surface area contributed by atoms with Crippen molar-refractivity contribution in [1.82, 2.24) is 9.80 Å². The first-order chi connectivity index (χ1) is 12.5. The van der Waals surface area contributed by atoms with Crippen LogP contribution in [0, 0.1) is 6.92 Å². The second kappa shape index (κ2) is 7.52. The maximum absolute atomic E-state index is 12.6. The molecule has 2 aromatic carbocycles. The van der Waals surface area contributed by atoms with Crippen LogP contribution in [0.3, 0.4) is 0 Å². The van der Waals surface area contributed by atoms with Gasteiger partial charge in [0.25, 0.3) is 11.8 Å². The molecule has 0 spiro atoms. The van der Waals surface area contributed by atoms with E-state index >= 15 is 0 Å². The molecule has 26 heavy (non-hydrogen) atoms. The Bertz CT molecular complexity index is 815. The number of amides is 2. The number of nitrogens with zero attached hydrogens (tertiary/aromatic N) is 2. The smallest absolute Gasteiger partial charge is 0.295 e. The third-order valence-electron chi connectivity index (χ3n) is 4.70. The van der Waals surface area contributed by atoms with Gasteiger partial charge in [-0.1, -0.05) is 48.0 Å². The second-order valence-corrected chi connectivity index (χ2v) is 6.66. The lowest BCUT2D eigenvalue weighted by atomic mass is 10.1. The van der Waals surface area contributed by atoms with Crippen molar-refractivity contribution in [2.75, 3.05) is 19.6 Å². The maximum atomic E-state index is 12.6. The highest BCUT2D eigenvalue weighted by Crippen LogP contribution is 2.15. The summed E-state index contributed by atoms with van der Waals surface area (Å²) in [6.07, 6.45) is 0. The summed E-state index contributed by atoms with van der Waals surface area (Å²) in [6, 6.07) is 15.9. The number of carbonyl (C=O) groups is 3.